The van der Waals surface area contributed by atoms with Crippen molar-refractivity contribution in [3.63, 3.8) is 0 Å². The maximum atomic E-state index is 4.75. The van der Waals surface area contributed by atoms with Crippen LogP contribution in [0.25, 0.3) is 0 Å². The summed E-state index contributed by atoms with van der Waals surface area (Å²) in [5.74, 6) is 7.51. The first kappa shape index (κ1) is 17.9. The molecule has 0 atom stereocenters. The molecule has 0 spiro atoms. The Labute approximate surface area is 165 Å². The third kappa shape index (κ3) is 4.63. The summed E-state index contributed by atoms with van der Waals surface area (Å²) >= 11 is 1.79. The molecule has 0 saturated carbocycles. The van der Waals surface area contributed by atoms with E-state index in [1.165, 1.54) is 16.1 Å². The summed E-state index contributed by atoms with van der Waals surface area (Å²) in [6.07, 6.45) is 5.11. The number of fused-ring (bicyclic) bond motifs is 1. The van der Waals surface area contributed by atoms with Gasteiger partial charge in [0.05, 0.1) is 4.88 Å². The summed E-state index contributed by atoms with van der Waals surface area (Å²) in [7, 11) is 0. The first-order chi connectivity index (χ1) is 13.3. The third-order valence-corrected chi connectivity index (χ3v) is 5.67. The number of aromatic nitrogens is 2. The summed E-state index contributed by atoms with van der Waals surface area (Å²) in [5.41, 5.74) is 3.58. The van der Waals surface area contributed by atoms with Crippen molar-refractivity contribution >= 4 is 11.3 Å². The number of hydrogen-bond acceptors (Lipinski definition) is 4. The van der Waals surface area contributed by atoms with E-state index in [9.17, 15) is 0 Å². The van der Waals surface area contributed by atoms with Gasteiger partial charge in [-0.2, -0.15) is 0 Å². The Balaban J connectivity index is 1.39. The minimum atomic E-state index is 0.935. The van der Waals surface area contributed by atoms with E-state index in [-0.39, 0.29) is 0 Å². The van der Waals surface area contributed by atoms with E-state index in [2.05, 4.69) is 40.8 Å². The molecule has 2 aromatic heterocycles. The first-order valence-corrected chi connectivity index (χ1v) is 10.3. The Bertz CT molecular complexity index is 966. The quantitative estimate of drug-likeness (QED) is 0.633. The molecule has 3 nitrogen and oxygen atoms in total. The van der Waals surface area contributed by atoms with Crippen molar-refractivity contribution in [1.29, 1.82) is 0 Å². The van der Waals surface area contributed by atoms with Gasteiger partial charge in [0, 0.05) is 60.4 Å². The van der Waals surface area contributed by atoms with E-state index in [1.807, 2.05) is 36.5 Å². The fourth-order valence-corrected chi connectivity index (χ4v) is 4.20. The number of benzene rings is 1. The lowest BCUT2D eigenvalue weighted by atomic mass is 10.1. The predicted octanol–water partition coefficient (Wildman–Crippen LogP) is 4.45. The zero-order chi connectivity index (χ0) is 18.5. The summed E-state index contributed by atoms with van der Waals surface area (Å²) in [6, 6.07) is 14.5. The van der Waals surface area contributed by atoms with Crippen LogP contribution in [0.2, 0.25) is 0 Å². The van der Waals surface area contributed by atoms with Gasteiger partial charge in [0.1, 0.15) is 5.82 Å². The summed E-state index contributed by atoms with van der Waals surface area (Å²) < 4.78 is 0. The molecule has 0 radical (unpaired) electrons. The SMILES string of the molecule is CCCc1ncc2c(n1)CCN(Cc1ccc(C#Cc3ccccc3)s1)C2. The van der Waals surface area contributed by atoms with Gasteiger partial charge in [-0.05, 0) is 30.7 Å². The molecule has 1 aliphatic heterocycles. The molecule has 3 heterocycles. The van der Waals surface area contributed by atoms with Gasteiger partial charge >= 0.3 is 0 Å². The highest BCUT2D eigenvalue weighted by Crippen LogP contribution is 2.22. The first-order valence-electron chi connectivity index (χ1n) is 9.52. The molecule has 0 unspecified atom stereocenters. The number of hydrogen-bond donors (Lipinski definition) is 0. The van der Waals surface area contributed by atoms with Crippen LogP contribution in [0.4, 0.5) is 0 Å². The molecule has 0 saturated heterocycles. The Morgan fingerprint density at radius 1 is 1.11 bits per heavy atom. The highest BCUT2D eigenvalue weighted by Gasteiger charge is 2.18. The molecular formula is C23H23N3S. The molecule has 1 aliphatic rings. The zero-order valence-corrected chi connectivity index (χ0v) is 16.4. The average Bonchev–Trinajstić information content (AvgIpc) is 3.15. The number of rotatable bonds is 4. The van der Waals surface area contributed by atoms with Gasteiger partial charge in [0.25, 0.3) is 0 Å². The average molecular weight is 374 g/mol. The highest BCUT2D eigenvalue weighted by atomic mass is 32.1. The van der Waals surface area contributed by atoms with Crippen LogP contribution in [-0.4, -0.2) is 21.4 Å². The minimum absolute atomic E-state index is 0.935. The second-order valence-corrected chi connectivity index (χ2v) is 8.02. The van der Waals surface area contributed by atoms with Crippen LogP contribution in [0.5, 0.6) is 0 Å². The fraction of sp³-hybridized carbons (Fsp3) is 0.304. The number of nitrogens with zero attached hydrogens (tertiary/aromatic N) is 3. The van der Waals surface area contributed by atoms with Crippen LogP contribution in [0.1, 0.15) is 45.7 Å². The van der Waals surface area contributed by atoms with E-state index in [1.54, 1.807) is 11.3 Å². The van der Waals surface area contributed by atoms with E-state index < -0.39 is 0 Å². The van der Waals surface area contributed by atoms with Crippen LogP contribution in [-0.2, 0) is 25.9 Å². The lowest BCUT2D eigenvalue weighted by molar-refractivity contribution is 0.244. The van der Waals surface area contributed by atoms with Crippen LogP contribution < -0.4 is 0 Å². The van der Waals surface area contributed by atoms with Crippen molar-refractivity contribution < 1.29 is 0 Å². The van der Waals surface area contributed by atoms with Gasteiger partial charge in [0.15, 0.2) is 0 Å². The molecule has 0 bridgehead atoms. The Morgan fingerprint density at radius 3 is 2.85 bits per heavy atom. The molecule has 4 heteroatoms. The van der Waals surface area contributed by atoms with Crippen LogP contribution in [0, 0.1) is 11.8 Å². The van der Waals surface area contributed by atoms with Gasteiger partial charge in [0.2, 0.25) is 0 Å². The van der Waals surface area contributed by atoms with Gasteiger partial charge in [-0.25, -0.2) is 9.97 Å². The van der Waals surface area contributed by atoms with E-state index in [4.69, 9.17) is 4.98 Å². The molecule has 1 aromatic carbocycles. The minimum Gasteiger partial charge on any atom is -0.293 e. The lowest BCUT2D eigenvalue weighted by Gasteiger charge is -2.27. The monoisotopic (exact) mass is 373 g/mol. The largest absolute Gasteiger partial charge is 0.293 e. The van der Waals surface area contributed by atoms with Crippen molar-refractivity contribution in [3.05, 3.63) is 81.1 Å². The maximum Gasteiger partial charge on any atom is 0.128 e. The van der Waals surface area contributed by atoms with Crippen molar-refractivity contribution in [2.45, 2.75) is 39.3 Å². The normalized spacial score (nSPS) is 13.7. The number of aryl methyl sites for hydroxylation is 1. The van der Waals surface area contributed by atoms with Crippen LogP contribution in [0.15, 0.2) is 48.7 Å². The molecule has 27 heavy (non-hydrogen) atoms. The zero-order valence-electron chi connectivity index (χ0n) is 15.6. The van der Waals surface area contributed by atoms with Gasteiger partial charge < -0.3 is 0 Å². The van der Waals surface area contributed by atoms with E-state index in [0.717, 1.165) is 55.2 Å². The Kier molecular flexibility index (Phi) is 5.62. The van der Waals surface area contributed by atoms with Gasteiger partial charge in [-0.3, -0.25) is 4.90 Å². The van der Waals surface area contributed by atoms with Crippen LogP contribution in [0.3, 0.4) is 0 Å². The molecule has 0 aliphatic carbocycles. The molecule has 4 rings (SSSR count). The highest BCUT2D eigenvalue weighted by molar-refractivity contribution is 7.12. The molecule has 0 fully saturated rings. The Hall–Kier alpha value is -2.48. The molecule has 0 N–H and O–H groups in total. The van der Waals surface area contributed by atoms with Gasteiger partial charge in [-0.15, -0.1) is 11.3 Å². The van der Waals surface area contributed by atoms with Gasteiger partial charge in [-0.1, -0.05) is 37.0 Å². The van der Waals surface area contributed by atoms with Crippen molar-refractivity contribution in [2.24, 2.45) is 0 Å². The lowest BCUT2D eigenvalue weighted by Crippen LogP contribution is -2.30. The number of thiophene rings is 1. The van der Waals surface area contributed by atoms with E-state index in [0.29, 0.717) is 0 Å². The standard InChI is InChI=1S/C23H23N3S/c1-2-6-23-24-15-19-16-26(14-13-22(19)25-23)17-21-12-11-20(27-21)10-9-18-7-4-3-5-8-18/h3-5,7-8,11-12,15H,2,6,13-14,16-17H2,1H3. The molecule has 0 amide bonds. The Morgan fingerprint density at radius 2 is 2.00 bits per heavy atom. The third-order valence-electron chi connectivity index (χ3n) is 4.68. The molecule has 136 valence electrons. The van der Waals surface area contributed by atoms with Crippen molar-refractivity contribution in [1.82, 2.24) is 14.9 Å². The second-order valence-electron chi connectivity index (χ2n) is 6.85. The maximum absolute atomic E-state index is 4.75. The fourth-order valence-electron chi connectivity index (χ4n) is 3.30. The summed E-state index contributed by atoms with van der Waals surface area (Å²) in [4.78, 5) is 14.2. The topological polar surface area (TPSA) is 29.0 Å². The van der Waals surface area contributed by atoms with Crippen molar-refractivity contribution in [3.8, 4) is 11.8 Å². The molecular weight excluding hydrogens is 350 g/mol. The smallest absolute Gasteiger partial charge is 0.128 e. The van der Waals surface area contributed by atoms with Crippen molar-refractivity contribution in [2.75, 3.05) is 6.54 Å². The molecule has 3 aromatic rings. The predicted molar refractivity (Wildman–Crippen MR) is 111 cm³/mol. The summed E-state index contributed by atoms with van der Waals surface area (Å²) in [5, 5.41) is 0. The van der Waals surface area contributed by atoms with Crippen LogP contribution >= 0.6 is 11.3 Å². The summed E-state index contributed by atoms with van der Waals surface area (Å²) in [6.45, 7) is 5.13. The second kappa shape index (κ2) is 8.47. The van der Waals surface area contributed by atoms with E-state index >= 15 is 0 Å².